The summed E-state index contributed by atoms with van der Waals surface area (Å²) in [5, 5.41) is 0.708. The zero-order valence-corrected chi connectivity index (χ0v) is 13.9. The Morgan fingerprint density at radius 1 is 1.35 bits per heavy atom. The van der Waals surface area contributed by atoms with Crippen LogP contribution in [0.25, 0.3) is 0 Å². The lowest BCUT2D eigenvalue weighted by atomic mass is 9.75. The highest BCUT2D eigenvalue weighted by atomic mass is 35.5. The van der Waals surface area contributed by atoms with Crippen LogP contribution in [0.1, 0.15) is 24.8 Å². The summed E-state index contributed by atoms with van der Waals surface area (Å²) in [5.41, 5.74) is 7.98. The van der Waals surface area contributed by atoms with Gasteiger partial charge in [-0.3, -0.25) is 0 Å². The molecule has 5 heteroatoms. The van der Waals surface area contributed by atoms with E-state index in [1.807, 2.05) is 18.2 Å². The monoisotopic (exact) mass is 311 g/mol. The van der Waals surface area contributed by atoms with Gasteiger partial charge in [-0.2, -0.15) is 0 Å². The number of halogens is 1. The van der Waals surface area contributed by atoms with Gasteiger partial charge in [0.2, 0.25) is 0 Å². The Hall–Kier alpha value is -0.840. The standard InChI is InChI=1S/C15H22ClN3S/c1-18(2)15(7-4-8-15)10-19(3)13-9-11(16)5-6-12(13)14(17)20/h5-6,9H,4,7-8,10H2,1-3H3,(H2,17,20). The third-order valence-corrected chi connectivity index (χ3v) is 4.86. The number of benzene rings is 1. The maximum absolute atomic E-state index is 6.13. The topological polar surface area (TPSA) is 32.5 Å². The molecule has 2 rings (SSSR count). The summed E-state index contributed by atoms with van der Waals surface area (Å²) in [6.45, 7) is 0.954. The van der Waals surface area contributed by atoms with Crippen LogP contribution in [0.5, 0.6) is 0 Å². The largest absolute Gasteiger partial charge is 0.389 e. The van der Waals surface area contributed by atoms with Crippen LogP contribution in [-0.2, 0) is 0 Å². The van der Waals surface area contributed by atoms with Crippen molar-refractivity contribution in [2.75, 3.05) is 32.6 Å². The maximum atomic E-state index is 6.13. The Morgan fingerprint density at radius 2 is 2.00 bits per heavy atom. The minimum atomic E-state index is 0.255. The van der Waals surface area contributed by atoms with E-state index < -0.39 is 0 Å². The van der Waals surface area contributed by atoms with E-state index in [4.69, 9.17) is 29.6 Å². The second-order valence-corrected chi connectivity index (χ2v) is 6.73. The molecule has 1 fully saturated rings. The molecule has 0 bridgehead atoms. The van der Waals surface area contributed by atoms with E-state index in [1.54, 1.807) is 0 Å². The van der Waals surface area contributed by atoms with Crippen LogP contribution >= 0.6 is 23.8 Å². The van der Waals surface area contributed by atoms with E-state index in [1.165, 1.54) is 19.3 Å². The van der Waals surface area contributed by atoms with Crippen LogP contribution in [0.4, 0.5) is 5.69 Å². The fraction of sp³-hybridized carbons (Fsp3) is 0.533. The molecular weight excluding hydrogens is 290 g/mol. The number of hydrogen-bond acceptors (Lipinski definition) is 3. The molecule has 1 aliphatic carbocycles. The predicted octanol–water partition coefficient (Wildman–Crippen LogP) is 2.89. The van der Waals surface area contributed by atoms with Gasteiger partial charge in [0.25, 0.3) is 0 Å². The quantitative estimate of drug-likeness (QED) is 0.848. The molecule has 0 unspecified atom stereocenters. The highest BCUT2D eigenvalue weighted by Crippen LogP contribution is 2.38. The summed E-state index contributed by atoms with van der Waals surface area (Å²) < 4.78 is 0. The van der Waals surface area contributed by atoms with Crippen LogP contribution in [-0.4, -0.2) is 43.1 Å². The van der Waals surface area contributed by atoms with Gasteiger partial charge in [0.05, 0.1) is 0 Å². The Bertz CT molecular complexity index is 512. The first-order valence-corrected chi connectivity index (χ1v) is 7.62. The van der Waals surface area contributed by atoms with Gasteiger partial charge in [-0.1, -0.05) is 23.8 Å². The normalized spacial score (nSPS) is 16.9. The van der Waals surface area contributed by atoms with E-state index in [0.29, 0.717) is 10.0 Å². The van der Waals surface area contributed by atoms with Crippen LogP contribution in [0, 0.1) is 0 Å². The molecule has 0 aromatic heterocycles. The molecule has 0 amide bonds. The smallest absolute Gasteiger partial charge is 0.106 e. The number of thiocarbonyl (C=S) groups is 1. The first-order chi connectivity index (χ1) is 9.35. The van der Waals surface area contributed by atoms with Crippen molar-refractivity contribution in [1.82, 2.24) is 4.90 Å². The van der Waals surface area contributed by atoms with Gasteiger partial charge in [-0.15, -0.1) is 0 Å². The van der Waals surface area contributed by atoms with Gasteiger partial charge >= 0.3 is 0 Å². The number of likely N-dealkylation sites (N-methyl/N-ethyl adjacent to an activating group) is 2. The lowest BCUT2D eigenvalue weighted by Crippen LogP contribution is -2.56. The van der Waals surface area contributed by atoms with Crippen molar-refractivity contribution in [2.24, 2.45) is 5.73 Å². The zero-order chi connectivity index (χ0) is 14.9. The lowest BCUT2D eigenvalue weighted by molar-refractivity contribution is 0.0683. The molecule has 0 atom stereocenters. The molecule has 2 N–H and O–H groups in total. The predicted molar refractivity (Wildman–Crippen MR) is 90.9 cm³/mol. The van der Waals surface area contributed by atoms with E-state index in [-0.39, 0.29) is 5.54 Å². The summed E-state index contributed by atoms with van der Waals surface area (Å²) >= 11 is 11.3. The number of nitrogens with zero attached hydrogens (tertiary/aromatic N) is 2. The average Bonchev–Trinajstić information content (AvgIpc) is 2.32. The molecule has 0 spiro atoms. The fourth-order valence-electron chi connectivity index (χ4n) is 2.89. The Labute approximate surface area is 131 Å². The average molecular weight is 312 g/mol. The molecule has 0 aliphatic heterocycles. The Kier molecular flexibility index (Phi) is 4.57. The summed E-state index contributed by atoms with van der Waals surface area (Å²) in [6, 6.07) is 5.68. The van der Waals surface area contributed by atoms with Gasteiger partial charge in [0.15, 0.2) is 0 Å². The first kappa shape index (κ1) is 15.5. The first-order valence-electron chi connectivity index (χ1n) is 6.84. The zero-order valence-electron chi connectivity index (χ0n) is 12.3. The number of rotatable bonds is 5. The summed E-state index contributed by atoms with van der Waals surface area (Å²) in [4.78, 5) is 4.97. The van der Waals surface area contributed by atoms with Crippen LogP contribution in [0.3, 0.4) is 0 Å². The lowest BCUT2D eigenvalue weighted by Gasteiger charge is -2.49. The van der Waals surface area contributed by atoms with Gasteiger partial charge in [0, 0.05) is 35.4 Å². The summed E-state index contributed by atoms with van der Waals surface area (Å²) in [6.07, 6.45) is 3.75. The van der Waals surface area contributed by atoms with Crippen LogP contribution in [0.2, 0.25) is 5.02 Å². The minimum Gasteiger partial charge on any atom is -0.389 e. The fourth-order valence-corrected chi connectivity index (χ4v) is 3.23. The maximum Gasteiger partial charge on any atom is 0.106 e. The molecule has 110 valence electrons. The Balaban J connectivity index is 2.27. The van der Waals surface area contributed by atoms with Crippen molar-refractivity contribution in [2.45, 2.75) is 24.8 Å². The molecule has 0 radical (unpaired) electrons. The summed E-state index contributed by atoms with van der Waals surface area (Å²) in [5.74, 6) is 0. The van der Waals surface area contributed by atoms with E-state index in [0.717, 1.165) is 17.8 Å². The van der Waals surface area contributed by atoms with Gasteiger partial charge in [-0.05, 0) is 51.6 Å². The van der Waals surface area contributed by atoms with Crippen LogP contribution < -0.4 is 10.6 Å². The molecular formula is C15H22ClN3S. The van der Waals surface area contributed by atoms with Crippen molar-refractivity contribution in [3.05, 3.63) is 28.8 Å². The highest BCUT2D eigenvalue weighted by Gasteiger charge is 2.40. The molecule has 0 saturated heterocycles. The molecule has 20 heavy (non-hydrogen) atoms. The van der Waals surface area contributed by atoms with Crippen molar-refractivity contribution >= 4 is 34.5 Å². The van der Waals surface area contributed by atoms with Crippen molar-refractivity contribution in [3.8, 4) is 0 Å². The van der Waals surface area contributed by atoms with E-state index in [2.05, 4.69) is 30.9 Å². The number of anilines is 1. The second-order valence-electron chi connectivity index (χ2n) is 5.85. The third-order valence-electron chi connectivity index (χ3n) is 4.40. The van der Waals surface area contributed by atoms with Gasteiger partial charge in [0.1, 0.15) is 4.99 Å². The van der Waals surface area contributed by atoms with Crippen molar-refractivity contribution in [3.63, 3.8) is 0 Å². The van der Waals surface area contributed by atoms with Crippen molar-refractivity contribution in [1.29, 1.82) is 0 Å². The number of nitrogens with two attached hydrogens (primary N) is 1. The SMILES string of the molecule is CN(CC1(N(C)C)CCC1)c1cc(Cl)ccc1C(N)=S. The molecule has 1 aromatic rings. The number of hydrogen-bond donors (Lipinski definition) is 1. The second kappa shape index (κ2) is 5.88. The van der Waals surface area contributed by atoms with Gasteiger partial charge in [-0.25, -0.2) is 0 Å². The molecule has 1 saturated carbocycles. The molecule has 1 aliphatic rings. The van der Waals surface area contributed by atoms with E-state index >= 15 is 0 Å². The third kappa shape index (κ3) is 2.92. The van der Waals surface area contributed by atoms with E-state index in [9.17, 15) is 0 Å². The van der Waals surface area contributed by atoms with Crippen molar-refractivity contribution < 1.29 is 0 Å². The van der Waals surface area contributed by atoms with Gasteiger partial charge < -0.3 is 15.5 Å². The summed E-state index contributed by atoms with van der Waals surface area (Å²) in [7, 11) is 6.38. The Morgan fingerprint density at radius 3 is 2.45 bits per heavy atom. The molecule has 1 aromatic carbocycles. The molecule has 0 heterocycles. The molecule has 3 nitrogen and oxygen atoms in total. The van der Waals surface area contributed by atoms with Crippen LogP contribution in [0.15, 0.2) is 18.2 Å². The minimum absolute atomic E-state index is 0.255. The highest BCUT2D eigenvalue weighted by molar-refractivity contribution is 7.80.